The van der Waals surface area contributed by atoms with Crippen molar-refractivity contribution < 1.29 is 8.81 Å². The van der Waals surface area contributed by atoms with E-state index in [4.69, 9.17) is 27.6 Å². The summed E-state index contributed by atoms with van der Waals surface area (Å²) in [6, 6.07) is 4.72. The van der Waals surface area contributed by atoms with Crippen LogP contribution >= 0.6 is 23.2 Å². The van der Waals surface area contributed by atoms with Crippen molar-refractivity contribution in [1.29, 1.82) is 0 Å². The fourth-order valence-corrected chi connectivity index (χ4v) is 1.59. The number of halogens is 3. The molecule has 2 rings (SSSR count). The predicted octanol–water partition coefficient (Wildman–Crippen LogP) is 3.77. The van der Waals surface area contributed by atoms with Crippen molar-refractivity contribution in [2.75, 3.05) is 5.32 Å². The molecule has 0 saturated heterocycles. The number of nitrogens with one attached hydrogen (secondary N) is 1. The SMILES string of the molecule is CC(Cl)c1nnc(NCc2ccc(F)c(Cl)c2)o1. The highest BCUT2D eigenvalue weighted by molar-refractivity contribution is 6.30. The number of anilines is 1. The van der Waals surface area contributed by atoms with Gasteiger partial charge in [-0.05, 0) is 24.6 Å². The van der Waals surface area contributed by atoms with E-state index >= 15 is 0 Å². The molecule has 0 aliphatic carbocycles. The van der Waals surface area contributed by atoms with Gasteiger partial charge in [0.2, 0.25) is 5.89 Å². The number of hydrogen-bond acceptors (Lipinski definition) is 4. The third-order valence-corrected chi connectivity index (χ3v) is 2.68. The molecule has 1 heterocycles. The summed E-state index contributed by atoms with van der Waals surface area (Å²) in [6.45, 7) is 2.14. The number of nitrogens with zero attached hydrogens (tertiary/aromatic N) is 2. The Balaban J connectivity index is 2.00. The lowest BCUT2D eigenvalue weighted by Gasteiger charge is -2.02. The smallest absolute Gasteiger partial charge is 0.315 e. The Morgan fingerprint density at radius 2 is 2.22 bits per heavy atom. The van der Waals surface area contributed by atoms with Gasteiger partial charge in [0.1, 0.15) is 11.2 Å². The molecule has 2 aromatic rings. The molecule has 0 amide bonds. The molecule has 7 heteroatoms. The van der Waals surface area contributed by atoms with Gasteiger partial charge in [-0.25, -0.2) is 4.39 Å². The molecule has 4 nitrogen and oxygen atoms in total. The summed E-state index contributed by atoms with van der Waals surface area (Å²) >= 11 is 11.5. The lowest BCUT2D eigenvalue weighted by Crippen LogP contribution is -1.99. The molecule has 1 unspecified atom stereocenters. The Morgan fingerprint density at radius 1 is 1.44 bits per heavy atom. The van der Waals surface area contributed by atoms with Gasteiger partial charge in [-0.1, -0.05) is 22.8 Å². The molecular formula is C11H10Cl2FN3O. The van der Waals surface area contributed by atoms with E-state index in [-0.39, 0.29) is 16.4 Å². The minimum atomic E-state index is -0.448. The van der Waals surface area contributed by atoms with E-state index in [1.165, 1.54) is 12.1 Å². The summed E-state index contributed by atoms with van der Waals surface area (Å²) < 4.78 is 18.2. The Kier molecular flexibility index (Phi) is 4.04. The van der Waals surface area contributed by atoms with Gasteiger partial charge in [-0.3, -0.25) is 0 Å². The van der Waals surface area contributed by atoms with Crippen LogP contribution in [-0.2, 0) is 6.54 Å². The summed E-state index contributed by atoms with van der Waals surface area (Å²) in [4.78, 5) is 0. The zero-order chi connectivity index (χ0) is 13.1. The van der Waals surface area contributed by atoms with Crippen LogP contribution in [-0.4, -0.2) is 10.2 Å². The number of hydrogen-bond donors (Lipinski definition) is 1. The summed E-state index contributed by atoms with van der Waals surface area (Å²) in [5.41, 5.74) is 0.806. The average molecular weight is 290 g/mol. The molecule has 0 spiro atoms. The number of rotatable bonds is 4. The second-order valence-corrected chi connectivity index (χ2v) is 4.73. The monoisotopic (exact) mass is 289 g/mol. The molecule has 0 radical (unpaired) electrons. The molecule has 96 valence electrons. The molecule has 1 N–H and O–H groups in total. The van der Waals surface area contributed by atoms with Gasteiger partial charge in [-0.2, -0.15) is 0 Å². The highest BCUT2D eigenvalue weighted by Gasteiger charge is 2.10. The highest BCUT2D eigenvalue weighted by Crippen LogP contribution is 2.20. The second-order valence-electron chi connectivity index (χ2n) is 3.66. The van der Waals surface area contributed by atoms with Crippen molar-refractivity contribution in [3.8, 4) is 0 Å². The Morgan fingerprint density at radius 3 is 2.83 bits per heavy atom. The zero-order valence-electron chi connectivity index (χ0n) is 9.45. The first-order valence-corrected chi connectivity index (χ1v) is 6.03. The summed E-state index contributed by atoms with van der Waals surface area (Å²) in [5.74, 6) is -0.104. The van der Waals surface area contributed by atoms with Gasteiger partial charge in [-0.15, -0.1) is 16.7 Å². The maximum atomic E-state index is 12.9. The van der Waals surface area contributed by atoms with Crippen LogP contribution in [0.5, 0.6) is 0 Å². The van der Waals surface area contributed by atoms with Gasteiger partial charge >= 0.3 is 6.01 Å². The maximum absolute atomic E-state index is 12.9. The number of alkyl halides is 1. The molecule has 1 atom stereocenters. The normalized spacial score (nSPS) is 12.4. The van der Waals surface area contributed by atoms with Crippen LogP contribution < -0.4 is 5.32 Å². The Labute approximate surface area is 113 Å². The zero-order valence-corrected chi connectivity index (χ0v) is 11.0. The topological polar surface area (TPSA) is 51.0 Å². The molecule has 0 aliphatic heterocycles. The predicted molar refractivity (Wildman–Crippen MR) is 67.3 cm³/mol. The van der Waals surface area contributed by atoms with Crippen LogP contribution in [0.25, 0.3) is 0 Å². The van der Waals surface area contributed by atoms with E-state index in [0.29, 0.717) is 12.4 Å². The van der Waals surface area contributed by atoms with Crippen LogP contribution in [0, 0.1) is 5.82 Å². The van der Waals surface area contributed by atoms with Gasteiger partial charge in [0, 0.05) is 6.54 Å². The molecule has 0 fully saturated rings. The van der Waals surface area contributed by atoms with E-state index in [2.05, 4.69) is 15.5 Å². The van der Waals surface area contributed by atoms with Crippen LogP contribution in [0.2, 0.25) is 5.02 Å². The quantitative estimate of drug-likeness (QED) is 0.871. The van der Waals surface area contributed by atoms with Crippen LogP contribution in [0.4, 0.5) is 10.4 Å². The third-order valence-electron chi connectivity index (χ3n) is 2.21. The van der Waals surface area contributed by atoms with Gasteiger partial charge < -0.3 is 9.73 Å². The summed E-state index contributed by atoms with van der Waals surface area (Å²) in [7, 11) is 0. The molecule has 1 aromatic heterocycles. The van der Waals surface area contributed by atoms with Crippen LogP contribution in [0.3, 0.4) is 0 Å². The molecule has 1 aromatic carbocycles. The van der Waals surface area contributed by atoms with E-state index in [1.807, 2.05) is 0 Å². The van der Waals surface area contributed by atoms with E-state index in [9.17, 15) is 4.39 Å². The standard InChI is InChI=1S/C11H10Cl2FN3O/c1-6(12)10-16-17-11(18-10)15-5-7-2-3-9(14)8(13)4-7/h2-4,6H,5H2,1H3,(H,15,17). The molecular weight excluding hydrogens is 280 g/mol. The van der Waals surface area contributed by atoms with E-state index in [0.717, 1.165) is 5.56 Å². The van der Waals surface area contributed by atoms with Gasteiger partial charge in [0.15, 0.2) is 0 Å². The Bertz CT molecular complexity index is 545. The molecule has 0 aliphatic rings. The maximum Gasteiger partial charge on any atom is 0.315 e. The van der Waals surface area contributed by atoms with Crippen molar-refractivity contribution in [2.45, 2.75) is 18.8 Å². The van der Waals surface area contributed by atoms with Crippen molar-refractivity contribution in [2.24, 2.45) is 0 Å². The van der Waals surface area contributed by atoms with Crippen LogP contribution in [0.1, 0.15) is 23.8 Å². The Hall–Kier alpha value is -1.33. The lowest BCUT2D eigenvalue weighted by molar-refractivity contribution is 0.505. The minimum Gasteiger partial charge on any atom is -0.406 e. The van der Waals surface area contributed by atoms with Gasteiger partial charge in [0.25, 0.3) is 0 Å². The summed E-state index contributed by atoms with van der Waals surface area (Å²) in [5, 5.41) is 10.2. The first-order valence-electron chi connectivity index (χ1n) is 5.21. The van der Waals surface area contributed by atoms with Crippen LogP contribution in [0.15, 0.2) is 22.6 Å². The molecule has 18 heavy (non-hydrogen) atoms. The van der Waals surface area contributed by atoms with Crippen molar-refractivity contribution >= 4 is 29.2 Å². The summed E-state index contributed by atoms with van der Waals surface area (Å²) in [6.07, 6.45) is 0. The number of aromatic nitrogens is 2. The lowest BCUT2D eigenvalue weighted by atomic mass is 10.2. The molecule has 0 saturated carbocycles. The fraction of sp³-hybridized carbons (Fsp3) is 0.273. The van der Waals surface area contributed by atoms with E-state index < -0.39 is 5.82 Å². The fourth-order valence-electron chi connectivity index (χ4n) is 1.29. The number of benzene rings is 1. The van der Waals surface area contributed by atoms with Crippen molar-refractivity contribution in [3.05, 3.63) is 40.5 Å². The van der Waals surface area contributed by atoms with Crippen molar-refractivity contribution in [1.82, 2.24) is 10.2 Å². The van der Waals surface area contributed by atoms with Crippen molar-refractivity contribution in [3.63, 3.8) is 0 Å². The third kappa shape index (κ3) is 3.11. The first-order chi connectivity index (χ1) is 8.56. The largest absolute Gasteiger partial charge is 0.406 e. The second kappa shape index (κ2) is 5.54. The average Bonchev–Trinajstić information content (AvgIpc) is 2.79. The first kappa shape index (κ1) is 13.1. The highest BCUT2D eigenvalue weighted by atomic mass is 35.5. The minimum absolute atomic E-state index is 0.0786. The van der Waals surface area contributed by atoms with E-state index in [1.54, 1.807) is 13.0 Å². The van der Waals surface area contributed by atoms with Gasteiger partial charge in [0.05, 0.1) is 5.02 Å². The molecule has 0 bridgehead atoms.